The van der Waals surface area contributed by atoms with Crippen LogP contribution in [-0.2, 0) is 10.5 Å². The first kappa shape index (κ1) is 17.9. The van der Waals surface area contributed by atoms with Gasteiger partial charge >= 0.3 is 0 Å². The van der Waals surface area contributed by atoms with E-state index in [1.165, 1.54) is 35.2 Å². The molecule has 0 atom stereocenters. The average Bonchev–Trinajstić information content (AvgIpc) is 3.09. The highest BCUT2D eigenvalue weighted by Crippen LogP contribution is 2.28. The molecule has 7 nitrogen and oxygen atoms in total. The molecule has 2 N–H and O–H groups in total. The van der Waals surface area contributed by atoms with E-state index in [2.05, 4.69) is 15.5 Å². The normalized spacial score (nSPS) is 10.9. The smallest absolute Gasteiger partial charge is 0.250 e. The molecule has 0 fully saturated rings. The quantitative estimate of drug-likeness (QED) is 0.380. The minimum Gasteiger partial charge on any atom is -0.502 e. The number of aromatic hydroxyl groups is 1. The van der Waals surface area contributed by atoms with Crippen molar-refractivity contribution >= 4 is 40.2 Å². The van der Waals surface area contributed by atoms with Crippen molar-refractivity contribution in [2.75, 3.05) is 5.32 Å². The summed E-state index contributed by atoms with van der Waals surface area (Å²) in [7, 11) is 0. The van der Waals surface area contributed by atoms with Crippen molar-refractivity contribution in [1.82, 2.24) is 10.2 Å². The number of nitrogens with zero attached hydrogens (tertiary/aromatic N) is 2. The standard InChI is InChI=1S/C17H13N3O4S2/c21-13-8-12(24-9-14(13)22)10-25-17-20-19-16(26-17)18-15(23)7-6-11-4-2-1-3-5-11/h1-9,22H,10H2,(H,18,19,23)/b7-6+. The van der Waals surface area contributed by atoms with E-state index in [9.17, 15) is 9.59 Å². The van der Waals surface area contributed by atoms with Gasteiger partial charge in [-0.1, -0.05) is 53.4 Å². The highest BCUT2D eigenvalue weighted by atomic mass is 32.2. The first-order valence-electron chi connectivity index (χ1n) is 7.41. The second kappa shape index (κ2) is 8.45. The molecule has 1 aromatic carbocycles. The fourth-order valence-electron chi connectivity index (χ4n) is 1.85. The van der Waals surface area contributed by atoms with Crippen molar-refractivity contribution < 1.29 is 14.3 Å². The van der Waals surface area contributed by atoms with Crippen LogP contribution >= 0.6 is 23.1 Å². The zero-order valence-electron chi connectivity index (χ0n) is 13.3. The molecule has 0 aliphatic carbocycles. The SMILES string of the molecule is O=C(/C=C/c1ccccc1)Nc1nnc(SCc2cc(=O)c(O)co2)s1. The van der Waals surface area contributed by atoms with Crippen molar-refractivity contribution in [2.24, 2.45) is 0 Å². The number of rotatable bonds is 6. The number of carbonyl (C=O) groups excluding carboxylic acids is 1. The lowest BCUT2D eigenvalue weighted by Gasteiger charge is -1.97. The molecule has 1 amide bonds. The van der Waals surface area contributed by atoms with Crippen LogP contribution in [0.3, 0.4) is 0 Å². The molecule has 0 spiro atoms. The topological polar surface area (TPSA) is 105 Å². The van der Waals surface area contributed by atoms with Gasteiger partial charge in [0.25, 0.3) is 0 Å². The maximum atomic E-state index is 11.9. The van der Waals surface area contributed by atoms with Gasteiger partial charge in [-0.15, -0.1) is 10.2 Å². The Labute approximate surface area is 156 Å². The second-order valence-electron chi connectivity index (χ2n) is 4.99. The Bertz CT molecular complexity index is 983. The van der Waals surface area contributed by atoms with Crippen LogP contribution in [0, 0.1) is 0 Å². The molecule has 0 radical (unpaired) electrons. The number of anilines is 1. The third-order valence-electron chi connectivity index (χ3n) is 3.07. The molecule has 26 heavy (non-hydrogen) atoms. The van der Waals surface area contributed by atoms with E-state index in [0.717, 1.165) is 11.8 Å². The van der Waals surface area contributed by atoms with E-state index in [1.807, 2.05) is 30.3 Å². The number of hydrogen-bond donors (Lipinski definition) is 2. The summed E-state index contributed by atoms with van der Waals surface area (Å²) in [6.07, 6.45) is 4.14. The molecule has 132 valence electrons. The zero-order valence-corrected chi connectivity index (χ0v) is 14.9. The zero-order chi connectivity index (χ0) is 18.4. The maximum Gasteiger partial charge on any atom is 0.250 e. The van der Waals surface area contributed by atoms with Gasteiger partial charge in [-0.05, 0) is 11.6 Å². The molecule has 0 aliphatic rings. The van der Waals surface area contributed by atoms with Crippen LogP contribution in [0.2, 0.25) is 0 Å². The molecule has 3 aromatic rings. The minimum absolute atomic E-state index is 0.300. The molecular formula is C17H13N3O4S2. The lowest BCUT2D eigenvalue weighted by atomic mass is 10.2. The van der Waals surface area contributed by atoms with E-state index in [4.69, 9.17) is 9.52 Å². The van der Waals surface area contributed by atoms with Crippen molar-refractivity contribution in [3.8, 4) is 5.75 Å². The Morgan fingerprint density at radius 2 is 2.12 bits per heavy atom. The molecule has 0 unspecified atom stereocenters. The van der Waals surface area contributed by atoms with Crippen LogP contribution in [0.4, 0.5) is 5.13 Å². The minimum atomic E-state index is -0.498. The van der Waals surface area contributed by atoms with Crippen molar-refractivity contribution in [3.05, 3.63) is 70.3 Å². The first-order valence-corrected chi connectivity index (χ1v) is 9.21. The summed E-state index contributed by atoms with van der Waals surface area (Å²) in [5, 5.41) is 20.0. The van der Waals surface area contributed by atoms with Crippen molar-refractivity contribution in [2.45, 2.75) is 10.1 Å². The van der Waals surface area contributed by atoms with Gasteiger partial charge in [0.05, 0.1) is 5.75 Å². The molecule has 2 aromatic heterocycles. The summed E-state index contributed by atoms with van der Waals surface area (Å²) in [5.74, 6) is 0.0325. The summed E-state index contributed by atoms with van der Waals surface area (Å²) < 4.78 is 5.73. The lowest BCUT2D eigenvalue weighted by molar-refractivity contribution is -0.111. The Hall–Kier alpha value is -2.91. The van der Waals surface area contributed by atoms with E-state index < -0.39 is 11.2 Å². The second-order valence-corrected chi connectivity index (χ2v) is 7.19. The molecule has 0 bridgehead atoms. The van der Waals surface area contributed by atoms with E-state index in [0.29, 0.717) is 21.0 Å². The largest absolute Gasteiger partial charge is 0.502 e. The Morgan fingerprint density at radius 3 is 2.88 bits per heavy atom. The molecule has 3 rings (SSSR count). The number of nitrogens with one attached hydrogen (secondary N) is 1. The summed E-state index contributed by atoms with van der Waals surface area (Å²) in [6.45, 7) is 0. The van der Waals surface area contributed by atoms with Crippen LogP contribution in [0.25, 0.3) is 6.08 Å². The highest BCUT2D eigenvalue weighted by Gasteiger charge is 2.09. The molecule has 2 heterocycles. The fourth-order valence-corrected chi connectivity index (χ4v) is 3.50. The van der Waals surface area contributed by atoms with Crippen molar-refractivity contribution in [1.29, 1.82) is 0 Å². The number of aromatic nitrogens is 2. The summed E-state index contributed by atoms with van der Waals surface area (Å²) in [6, 6.07) is 10.7. The number of hydrogen-bond acceptors (Lipinski definition) is 8. The Morgan fingerprint density at radius 1 is 1.31 bits per heavy atom. The Balaban J connectivity index is 1.54. The van der Waals surface area contributed by atoms with Gasteiger partial charge in [0.15, 0.2) is 10.1 Å². The fraction of sp³-hybridized carbons (Fsp3) is 0.0588. The van der Waals surface area contributed by atoms with E-state index in [-0.39, 0.29) is 5.91 Å². The average molecular weight is 387 g/mol. The van der Waals surface area contributed by atoms with Crippen LogP contribution in [-0.4, -0.2) is 21.2 Å². The summed E-state index contributed by atoms with van der Waals surface area (Å²) in [4.78, 5) is 23.2. The van der Waals surface area contributed by atoms with Crippen LogP contribution < -0.4 is 10.7 Å². The van der Waals surface area contributed by atoms with Gasteiger partial charge in [0, 0.05) is 12.1 Å². The van der Waals surface area contributed by atoms with Crippen molar-refractivity contribution in [3.63, 3.8) is 0 Å². The number of carbonyl (C=O) groups is 1. The first-order chi connectivity index (χ1) is 12.6. The molecule has 0 saturated heterocycles. The molecular weight excluding hydrogens is 374 g/mol. The molecule has 9 heteroatoms. The number of thioether (sulfide) groups is 1. The highest BCUT2D eigenvalue weighted by molar-refractivity contribution is 8.00. The predicted octanol–water partition coefficient (Wildman–Crippen LogP) is 3.14. The molecule has 0 aliphatic heterocycles. The third kappa shape index (κ3) is 5.04. The van der Waals surface area contributed by atoms with E-state index >= 15 is 0 Å². The van der Waals surface area contributed by atoms with Gasteiger partial charge in [-0.2, -0.15) is 0 Å². The number of benzene rings is 1. The lowest BCUT2D eigenvalue weighted by Crippen LogP contribution is -2.07. The van der Waals surface area contributed by atoms with Gasteiger partial charge in [0.2, 0.25) is 16.5 Å². The Kier molecular flexibility index (Phi) is 5.82. The van der Waals surface area contributed by atoms with Gasteiger partial charge < -0.3 is 9.52 Å². The van der Waals surface area contributed by atoms with E-state index in [1.54, 1.807) is 6.08 Å². The van der Waals surface area contributed by atoms with Crippen LogP contribution in [0.5, 0.6) is 5.75 Å². The van der Waals surface area contributed by atoms with Crippen LogP contribution in [0.15, 0.2) is 62.3 Å². The molecule has 0 saturated carbocycles. The maximum absolute atomic E-state index is 11.9. The third-order valence-corrected chi connectivity index (χ3v) is 5.06. The van der Waals surface area contributed by atoms with Gasteiger partial charge in [-0.3, -0.25) is 14.9 Å². The monoisotopic (exact) mass is 387 g/mol. The summed E-state index contributed by atoms with van der Waals surface area (Å²) >= 11 is 2.52. The van der Waals surface area contributed by atoms with Gasteiger partial charge in [0.1, 0.15) is 12.0 Å². The summed E-state index contributed by atoms with van der Waals surface area (Å²) in [5.41, 5.74) is 0.425. The number of amides is 1. The predicted molar refractivity (Wildman–Crippen MR) is 100 cm³/mol. The van der Waals surface area contributed by atoms with Crippen LogP contribution in [0.1, 0.15) is 11.3 Å². The van der Waals surface area contributed by atoms with Gasteiger partial charge in [-0.25, -0.2) is 0 Å².